The zero-order valence-electron chi connectivity index (χ0n) is 9.00. The van der Waals surface area contributed by atoms with Crippen molar-refractivity contribution in [3.8, 4) is 0 Å². The molecule has 0 aromatic heterocycles. The number of alkyl halides is 3. The summed E-state index contributed by atoms with van der Waals surface area (Å²) in [7, 11) is 0. The molecule has 0 heterocycles. The first-order valence-corrected chi connectivity index (χ1v) is 5.92. The minimum atomic E-state index is -2.21. The summed E-state index contributed by atoms with van der Waals surface area (Å²) < 4.78 is -2.21. The Balaban J connectivity index is 4.25. The SMILES string of the molecule is O=C(NC[C@H](O)[C@@H](O)[C@H](O)[C@H](O)CO)C(Cl)(Cl)Cl. The molecular formula is C8H14Cl3NO6. The standard InChI is InChI=1S/C8H14Cl3NO6/c9-8(10,11)7(18)12-1-3(14)5(16)6(17)4(15)2-13/h3-6,13-17H,1-2H2,(H,12,18)/t3-,4+,5+,6+/m0/s1. The molecule has 0 aromatic rings. The highest BCUT2D eigenvalue weighted by Gasteiger charge is 2.33. The number of hydrogen-bond donors (Lipinski definition) is 6. The van der Waals surface area contributed by atoms with Gasteiger partial charge in [0, 0.05) is 6.54 Å². The second-order valence-corrected chi connectivity index (χ2v) is 5.79. The van der Waals surface area contributed by atoms with Crippen LogP contribution in [0.4, 0.5) is 0 Å². The van der Waals surface area contributed by atoms with Crippen molar-refractivity contribution in [3.05, 3.63) is 0 Å². The maximum atomic E-state index is 11.1. The molecule has 18 heavy (non-hydrogen) atoms. The predicted octanol–water partition coefficient (Wildman–Crippen LogP) is -2.09. The van der Waals surface area contributed by atoms with Crippen LogP contribution < -0.4 is 5.32 Å². The number of carbonyl (C=O) groups excluding carboxylic acids is 1. The number of amides is 1. The summed E-state index contributed by atoms with van der Waals surface area (Å²) in [5.74, 6) is -1.02. The monoisotopic (exact) mass is 325 g/mol. The van der Waals surface area contributed by atoms with Gasteiger partial charge in [0.05, 0.1) is 12.7 Å². The van der Waals surface area contributed by atoms with Crippen molar-refractivity contribution in [1.82, 2.24) is 5.32 Å². The van der Waals surface area contributed by atoms with Crippen LogP contribution in [-0.2, 0) is 4.79 Å². The maximum Gasteiger partial charge on any atom is 0.272 e. The summed E-state index contributed by atoms with van der Waals surface area (Å²) in [5.41, 5.74) is 0. The van der Waals surface area contributed by atoms with Crippen molar-refractivity contribution in [2.45, 2.75) is 28.2 Å². The fraction of sp³-hybridized carbons (Fsp3) is 0.875. The number of aliphatic hydroxyl groups excluding tert-OH is 5. The van der Waals surface area contributed by atoms with Crippen molar-refractivity contribution in [1.29, 1.82) is 0 Å². The van der Waals surface area contributed by atoms with Crippen molar-refractivity contribution in [3.63, 3.8) is 0 Å². The molecule has 0 aromatic carbocycles. The Morgan fingerprint density at radius 2 is 1.50 bits per heavy atom. The lowest BCUT2D eigenvalue weighted by atomic mass is 10.0. The van der Waals surface area contributed by atoms with Crippen LogP contribution >= 0.6 is 34.8 Å². The van der Waals surface area contributed by atoms with Crippen LogP contribution in [0, 0.1) is 0 Å². The Bertz CT molecular complexity index is 274. The molecule has 0 fully saturated rings. The van der Waals surface area contributed by atoms with Crippen LogP contribution in [0.2, 0.25) is 0 Å². The van der Waals surface area contributed by atoms with E-state index in [1.54, 1.807) is 0 Å². The van der Waals surface area contributed by atoms with Gasteiger partial charge < -0.3 is 30.8 Å². The van der Waals surface area contributed by atoms with Gasteiger partial charge in [0.25, 0.3) is 9.70 Å². The van der Waals surface area contributed by atoms with Gasteiger partial charge >= 0.3 is 0 Å². The third kappa shape index (κ3) is 5.85. The van der Waals surface area contributed by atoms with Gasteiger partial charge in [-0.25, -0.2) is 0 Å². The molecule has 0 bridgehead atoms. The predicted molar refractivity (Wildman–Crippen MR) is 64.4 cm³/mol. The molecule has 108 valence electrons. The van der Waals surface area contributed by atoms with E-state index in [0.29, 0.717) is 0 Å². The summed E-state index contributed by atoms with van der Waals surface area (Å²) in [6.07, 6.45) is -6.81. The average molecular weight is 327 g/mol. The molecule has 0 unspecified atom stereocenters. The molecule has 7 nitrogen and oxygen atoms in total. The first-order chi connectivity index (χ1) is 8.11. The van der Waals surface area contributed by atoms with Crippen LogP contribution in [0.15, 0.2) is 0 Å². The van der Waals surface area contributed by atoms with Crippen LogP contribution in [0.5, 0.6) is 0 Å². The zero-order chi connectivity index (χ0) is 14.5. The third-order valence-electron chi connectivity index (χ3n) is 2.05. The van der Waals surface area contributed by atoms with Gasteiger partial charge in [0.15, 0.2) is 0 Å². The first-order valence-electron chi connectivity index (χ1n) is 4.79. The molecule has 10 heteroatoms. The molecule has 0 aliphatic heterocycles. The largest absolute Gasteiger partial charge is 0.394 e. The Labute approximate surface area is 118 Å². The van der Waals surface area contributed by atoms with E-state index in [9.17, 15) is 20.1 Å². The van der Waals surface area contributed by atoms with Crippen LogP contribution in [0.25, 0.3) is 0 Å². The summed E-state index contributed by atoms with van der Waals surface area (Å²) >= 11 is 15.7. The van der Waals surface area contributed by atoms with E-state index in [2.05, 4.69) is 0 Å². The quantitative estimate of drug-likeness (QED) is 0.310. The van der Waals surface area contributed by atoms with Crippen LogP contribution in [0.1, 0.15) is 0 Å². The number of rotatable bonds is 6. The lowest BCUT2D eigenvalue weighted by molar-refractivity contribution is -0.125. The highest BCUT2D eigenvalue weighted by Crippen LogP contribution is 2.25. The molecule has 0 aliphatic carbocycles. The molecular weight excluding hydrogens is 312 g/mol. The molecule has 1 amide bonds. The number of hydrogen-bond acceptors (Lipinski definition) is 6. The molecule has 0 saturated carbocycles. The molecule has 6 N–H and O–H groups in total. The molecule has 0 spiro atoms. The van der Waals surface area contributed by atoms with Crippen molar-refractivity contribution in [2.75, 3.05) is 13.2 Å². The molecule has 4 atom stereocenters. The third-order valence-corrected chi connectivity index (χ3v) is 2.57. The average Bonchev–Trinajstić information content (AvgIpc) is 2.31. The lowest BCUT2D eigenvalue weighted by Crippen LogP contribution is -2.50. The number of halogens is 3. The Morgan fingerprint density at radius 3 is 1.89 bits per heavy atom. The summed E-state index contributed by atoms with van der Waals surface area (Å²) in [5, 5.41) is 47.6. The molecule has 0 radical (unpaired) electrons. The summed E-state index contributed by atoms with van der Waals surface area (Å²) in [6, 6.07) is 0. The van der Waals surface area contributed by atoms with Crippen molar-refractivity contribution >= 4 is 40.7 Å². The second-order valence-electron chi connectivity index (χ2n) is 3.51. The Kier molecular flexibility index (Phi) is 7.72. The van der Waals surface area contributed by atoms with Gasteiger partial charge in [0.1, 0.15) is 18.3 Å². The Morgan fingerprint density at radius 1 is 1.06 bits per heavy atom. The Hall–Kier alpha value is 0.140. The van der Waals surface area contributed by atoms with Crippen LogP contribution in [0.3, 0.4) is 0 Å². The molecule has 0 saturated heterocycles. The minimum Gasteiger partial charge on any atom is -0.394 e. The maximum absolute atomic E-state index is 11.1. The normalized spacial score (nSPS) is 18.9. The highest BCUT2D eigenvalue weighted by molar-refractivity contribution is 6.76. The number of carbonyl (C=O) groups is 1. The molecule has 0 aliphatic rings. The van der Waals surface area contributed by atoms with E-state index in [1.807, 2.05) is 5.32 Å². The van der Waals surface area contributed by atoms with Gasteiger partial charge in [-0.15, -0.1) is 0 Å². The van der Waals surface area contributed by atoms with E-state index in [-0.39, 0.29) is 0 Å². The van der Waals surface area contributed by atoms with Gasteiger partial charge in [-0.3, -0.25) is 4.79 Å². The van der Waals surface area contributed by atoms with Gasteiger partial charge in [0.2, 0.25) is 0 Å². The highest BCUT2D eigenvalue weighted by atomic mass is 35.6. The van der Waals surface area contributed by atoms with E-state index in [0.717, 1.165) is 0 Å². The topological polar surface area (TPSA) is 130 Å². The minimum absolute atomic E-state index is 0.511. The lowest BCUT2D eigenvalue weighted by Gasteiger charge is -2.26. The first kappa shape index (κ1) is 18.1. The summed E-state index contributed by atoms with van der Waals surface area (Å²) in [4.78, 5) is 11.1. The smallest absolute Gasteiger partial charge is 0.272 e. The van der Waals surface area contributed by atoms with Gasteiger partial charge in [-0.2, -0.15) is 0 Å². The fourth-order valence-electron chi connectivity index (χ4n) is 0.981. The van der Waals surface area contributed by atoms with Gasteiger partial charge in [-0.05, 0) is 0 Å². The zero-order valence-corrected chi connectivity index (χ0v) is 11.3. The van der Waals surface area contributed by atoms with Crippen molar-refractivity contribution in [2.24, 2.45) is 0 Å². The summed E-state index contributed by atoms with van der Waals surface area (Å²) in [6.45, 7) is -1.31. The fourth-order valence-corrected chi connectivity index (χ4v) is 1.18. The number of nitrogens with one attached hydrogen (secondary N) is 1. The van der Waals surface area contributed by atoms with Crippen molar-refractivity contribution < 1.29 is 30.3 Å². The van der Waals surface area contributed by atoms with Crippen LogP contribution in [-0.4, -0.2) is 72.8 Å². The van der Waals surface area contributed by atoms with E-state index in [1.165, 1.54) is 0 Å². The van der Waals surface area contributed by atoms with Gasteiger partial charge in [-0.1, -0.05) is 34.8 Å². The second kappa shape index (κ2) is 7.66. The van der Waals surface area contributed by atoms with E-state index in [4.69, 9.17) is 45.0 Å². The molecule has 0 rings (SSSR count). The van der Waals surface area contributed by atoms with E-state index >= 15 is 0 Å². The van der Waals surface area contributed by atoms with E-state index < -0.39 is 47.3 Å². The number of aliphatic hydroxyl groups is 5.